The molecule has 9 nitrogen and oxygen atoms in total. The number of ether oxygens (including phenoxy) is 4. The molecule has 2 heterocycles. The van der Waals surface area contributed by atoms with E-state index in [9.17, 15) is 9.90 Å². The maximum atomic E-state index is 14.1. The molecule has 0 fully saturated rings. The molecule has 0 saturated heterocycles. The highest BCUT2D eigenvalue weighted by atomic mass is 16.5. The van der Waals surface area contributed by atoms with Crippen molar-refractivity contribution in [1.82, 2.24) is 15.1 Å². The third-order valence-corrected chi connectivity index (χ3v) is 8.47. The molecule has 6 rings (SSSR count). The summed E-state index contributed by atoms with van der Waals surface area (Å²) < 4.78 is 23.2. The number of nitrogens with zero attached hydrogens (tertiary/aromatic N) is 2. The predicted octanol–water partition coefficient (Wildman–Crippen LogP) is 7.18. The van der Waals surface area contributed by atoms with Gasteiger partial charge in [-0.1, -0.05) is 48.5 Å². The number of phenolic OH excluding ortho intramolecular Hbond substituents is 1. The summed E-state index contributed by atoms with van der Waals surface area (Å²) in [4.78, 5) is 16.0. The monoisotopic (exact) mass is 633 g/mol. The highest BCUT2D eigenvalue weighted by Crippen LogP contribution is 2.47. The zero-order valence-electron chi connectivity index (χ0n) is 27.3. The third-order valence-electron chi connectivity index (χ3n) is 8.47. The molecule has 1 aliphatic rings. The smallest absolute Gasteiger partial charge is 0.273 e. The van der Waals surface area contributed by atoms with Gasteiger partial charge in [0.25, 0.3) is 5.91 Å². The Kier molecular flexibility index (Phi) is 9.06. The first kappa shape index (κ1) is 31.5. The normalized spacial score (nSPS) is 13.9. The van der Waals surface area contributed by atoms with E-state index < -0.39 is 6.04 Å². The van der Waals surface area contributed by atoms with Crippen LogP contribution in [0, 0.1) is 13.8 Å². The van der Waals surface area contributed by atoms with E-state index in [4.69, 9.17) is 18.9 Å². The van der Waals surface area contributed by atoms with Gasteiger partial charge in [-0.15, -0.1) is 0 Å². The Morgan fingerprint density at radius 3 is 2.36 bits per heavy atom. The molecule has 47 heavy (non-hydrogen) atoms. The molecule has 0 spiro atoms. The highest BCUT2D eigenvalue weighted by Gasteiger charge is 2.42. The summed E-state index contributed by atoms with van der Waals surface area (Å²) in [5.74, 6) is 2.43. The first-order valence-corrected chi connectivity index (χ1v) is 15.7. The van der Waals surface area contributed by atoms with E-state index in [1.165, 1.54) is 0 Å². The number of aromatic nitrogens is 2. The van der Waals surface area contributed by atoms with Crippen LogP contribution in [-0.2, 0) is 13.0 Å². The van der Waals surface area contributed by atoms with Crippen LogP contribution in [0.1, 0.15) is 56.8 Å². The molecule has 5 aromatic rings. The molecule has 0 bridgehead atoms. The van der Waals surface area contributed by atoms with Gasteiger partial charge >= 0.3 is 0 Å². The van der Waals surface area contributed by atoms with E-state index in [0.29, 0.717) is 71.7 Å². The Bertz CT molecular complexity index is 1900. The molecule has 9 heteroatoms. The number of hydrogen-bond acceptors (Lipinski definition) is 7. The maximum Gasteiger partial charge on any atom is 0.273 e. The number of methoxy groups -OCH3 is 2. The lowest BCUT2D eigenvalue weighted by Gasteiger charge is -2.27. The predicted molar refractivity (Wildman–Crippen MR) is 180 cm³/mol. The van der Waals surface area contributed by atoms with Crippen LogP contribution in [-0.4, -0.2) is 53.5 Å². The fourth-order valence-electron chi connectivity index (χ4n) is 6.22. The Morgan fingerprint density at radius 2 is 1.62 bits per heavy atom. The van der Waals surface area contributed by atoms with E-state index in [1.807, 2.05) is 105 Å². The molecule has 0 saturated carbocycles. The number of amides is 1. The number of fused-ring (bicyclic) bond motifs is 1. The molecule has 1 aromatic heterocycles. The molecule has 1 unspecified atom stereocenters. The average Bonchev–Trinajstić information content (AvgIpc) is 3.63. The summed E-state index contributed by atoms with van der Waals surface area (Å²) in [6.07, 6.45) is 0.570. The first-order chi connectivity index (χ1) is 22.8. The number of nitrogens with one attached hydrogen (secondary N) is 1. The lowest BCUT2D eigenvalue weighted by Crippen LogP contribution is -2.31. The molecular weight excluding hydrogens is 594 g/mol. The van der Waals surface area contributed by atoms with Crippen molar-refractivity contribution in [3.63, 3.8) is 0 Å². The largest absolute Gasteiger partial charge is 0.507 e. The van der Waals surface area contributed by atoms with Gasteiger partial charge in [0.05, 0.1) is 26.9 Å². The van der Waals surface area contributed by atoms with Crippen molar-refractivity contribution in [2.45, 2.75) is 39.8 Å². The number of rotatable bonds is 12. The van der Waals surface area contributed by atoms with Gasteiger partial charge in [-0.3, -0.25) is 9.89 Å². The van der Waals surface area contributed by atoms with Gasteiger partial charge in [0.15, 0.2) is 23.0 Å². The first-order valence-electron chi connectivity index (χ1n) is 15.7. The van der Waals surface area contributed by atoms with Crippen LogP contribution in [0.15, 0.2) is 78.9 Å². The molecule has 1 atom stereocenters. The summed E-state index contributed by atoms with van der Waals surface area (Å²) in [5, 5.41) is 18.7. The van der Waals surface area contributed by atoms with Crippen LogP contribution >= 0.6 is 0 Å². The van der Waals surface area contributed by atoms with Gasteiger partial charge in [-0.05, 0) is 85.3 Å². The summed E-state index contributed by atoms with van der Waals surface area (Å²) in [6, 6.07) is 24.9. The molecule has 2 N–H and O–H groups in total. The van der Waals surface area contributed by atoms with Crippen molar-refractivity contribution in [1.29, 1.82) is 0 Å². The summed E-state index contributed by atoms with van der Waals surface area (Å²) in [5.41, 5.74) is 6.83. The van der Waals surface area contributed by atoms with Crippen LogP contribution < -0.4 is 18.9 Å². The van der Waals surface area contributed by atoms with E-state index in [1.54, 1.807) is 14.2 Å². The Hall–Kier alpha value is -5.44. The second-order valence-corrected chi connectivity index (χ2v) is 11.6. The van der Waals surface area contributed by atoms with Gasteiger partial charge in [0, 0.05) is 17.7 Å². The molecule has 1 aliphatic heterocycles. The van der Waals surface area contributed by atoms with Crippen molar-refractivity contribution in [2.75, 3.05) is 27.4 Å². The molecule has 4 aromatic carbocycles. The molecule has 242 valence electrons. The van der Waals surface area contributed by atoms with Crippen molar-refractivity contribution < 1.29 is 28.8 Å². The van der Waals surface area contributed by atoms with E-state index in [-0.39, 0.29) is 11.7 Å². The van der Waals surface area contributed by atoms with Gasteiger partial charge in [0.2, 0.25) is 0 Å². The minimum atomic E-state index is -0.506. The molecular formula is C38H39N3O6. The zero-order chi connectivity index (χ0) is 33.1. The zero-order valence-corrected chi connectivity index (χ0v) is 27.3. The number of phenols is 1. The maximum absolute atomic E-state index is 14.1. The molecule has 1 amide bonds. The van der Waals surface area contributed by atoms with Crippen LogP contribution in [0.5, 0.6) is 28.7 Å². The summed E-state index contributed by atoms with van der Waals surface area (Å²) in [6.45, 7) is 7.01. The number of aromatic hydroxyl groups is 1. The standard InChI is InChI=1S/C38H39N3O6/c1-6-46-32-21-27(13-15-30(32)47-22-26-10-8-7-9-11-26)36-33-34(28-19-23(2)18-24(3)37(28)42)39-40-35(33)38(43)41(36)17-16-25-12-14-29(44-4)31(20-25)45-5/h7-15,18-21,36,42H,6,16-17,22H2,1-5H3,(H,39,40). The molecule has 0 radical (unpaired) electrons. The quantitative estimate of drug-likeness (QED) is 0.150. The number of H-pyrrole nitrogens is 1. The number of carbonyl (C=O) groups is 1. The third kappa shape index (κ3) is 6.21. The number of benzene rings is 4. The number of aryl methyl sites for hydroxylation is 2. The summed E-state index contributed by atoms with van der Waals surface area (Å²) in [7, 11) is 3.21. The van der Waals surface area contributed by atoms with Crippen LogP contribution in [0.2, 0.25) is 0 Å². The van der Waals surface area contributed by atoms with Crippen molar-refractivity contribution in [3.05, 3.63) is 118 Å². The lowest BCUT2D eigenvalue weighted by atomic mass is 9.93. The second kappa shape index (κ2) is 13.5. The van der Waals surface area contributed by atoms with Crippen LogP contribution in [0.4, 0.5) is 0 Å². The van der Waals surface area contributed by atoms with E-state index in [2.05, 4.69) is 10.2 Å². The lowest BCUT2D eigenvalue weighted by molar-refractivity contribution is 0.0745. The molecule has 0 aliphatic carbocycles. The number of carbonyl (C=O) groups excluding carboxylic acids is 1. The Labute approximate surface area is 274 Å². The second-order valence-electron chi connectivity index (χ2n) is 11.6. The minimum absolute atomic E-state index is 0.138. The van der Waals surface area contributed by atoms with E-state index in [0.717, 1.165) is 27.8 Å². The van der Waals surface area contributed by atoms with Crippen molar-refractivity contribution in [3.8, 4) is 40.0 Å². The number of hydrogen-bond donors (Lipinski definition) is 2. The van der Waals surface area contributed by atoms with Gasteiger partial charge in [0.1, 0.15) is 23.7 Å². The highest BCUT2D eigenvalue weighted by molar-refractivity contribution is 6.00. The number of aromatic amines is 1. The Balaban J connectivity index is 1.41. The van der Waals surface area contributed by atoms with Crippen LogP contribution in [0.25, 0.3) is 11.3 Å². The SMILES string of the molecule is CCOc1cc(C2c3c(-c4cc(C)cc(C)c4O)n[nH]c3C(=O)N2CCc2ccc(OC)c(OC)c2)ccc1OCc1ccccc1. The Morgan fingerprint density at radius 1 is 0.851 bits per heavy atom. The average molecular weight is 634 g/mol. The van der Waals surface area contributed by atoms with Gasteiger partial charge < -0.3 is 29.0 Å². The van der Waals surface area contributed by atoms with Crippen molar-refractivity contribution in [2.24, 2.45) is 0 Å². The van der Waals surface area contributed by atoms with Gasteiger partial charge in [-0.25, -0.2) is 0 Å². The van der Waals surface area contributed by atoms with Crippen molar-refractivity contribution >= 4 is 5.91 Å². The van der Waals surface area contributed by atoms with Gasteiger partial charge in [-0.2, -0.15) is 5.10 Å². The topological polar surface area (TPSA) is 106 Å². The summed E-state index contributed by atoms with van der Waals surface area (Å²) >= 11 is 0. The van der Waals surface area contributed by atoms with Crippen LogP contribution in [0.3, 0.4) is 0 Å². The fraction of sp³-hybridized carbons (Fsp3) is 0.263. The fourth-order valence-corrected chi connectivity index (χ4v) is 6.22. The van der Waals surface area contributed by atoms with E-state index >= 15 is 0 Å². The minimum Gasteiger partial charge on any atom is -0.507 e.